The Morgan fingerprint density at radius 1 is 1.44 bits per heavy atom. The normalized spacial score (nSPS) is 12.2. The van der Waals surface area contributed by atoms with Crippen LogP contribution in [0.5, 0.6) is 0 Å². The second kappa shape index (κ2) is 4.86. The van der Waals surface area contributed by atoms with Gasteiger partial charge in [0.05, 0.1) is 12.3 Å². The minimum atomic E-state index is -3.03. The number of rotatable bonds is 5. The third-order valence-corrected chi connectivity index (χ3v) is 3.08. The summed E-state index contributed by atoms with van der Waals surface area (Å²) in [6.07, 6.45) is 1.96. The summed E-state index contributed by atoms with van der Waals surface area (Å²) in [6, 6.07) is 1.53. The first-order chi connectivity index (χ1) is 7.28. The Labute approximate surface area is 95.4 Å². The van der Waals surface area contributed by atoms with Crippen molar-refractivity contribution in [3.8, 4) is 0 Å². The molecule has 0 aliphatic heterocycles. The van der Waals surface area contributed by atoms with Crippen molar-refractivity contribution in [2.45, 2.75) is 26.8 Å². The van der Waals surface area contributed by atoms with E-state index in [-0.39, 0.29) is 17.9 Å². The third-order valence-electron chi connectivity index (χ3n) is 2.16. The van der Waals surface area contributed by atoms with Crippen molar-refractivity contribution in [2.75, 3.05) is 12.0 Å². The van der Waals surface area contributed by atoms with Crippen molar-refractivity contribution < 1.29 is 8.42 Å². The van der Waals surface area contributed by atoms with Gasteiger partial charge < -0.3 is 0 Å². The summed E-state index contributed by atoms with van der Waals surface area (Å²) < 4.78 is 23.3. The molecule has 5 nitrogen and oxygen atoms in total. The molecule has 0 bridgehead atoms. The average Bonchev–Trinajstić information content (AvgIpc) is 2.40. The molecule has 0 amide bonds. The van der Waals surface area contributed by atoms with Gasteiger partial charge in [-0.2, -0.15) is 0 Å². The van der Waals surface area contributed by atoms with E-state index >= 15 is 0 Å². The van der Waals surface area contributed by atoms with Gasteiger partial charge in [0.15, 0.2) is 0 Å². The van der Waals surface area contributed by atoms with Gasteiger partial charge in [-0.25, -0.2) is 8.42 Å². The van der Waals surface area contributed by atoms with Crippen molar-refractivity contribution in [1.82, 2.24) is 9.78 Å². The van der Waals surface area contributed by atoms with E-state index in [0.29, 0.717) is 5.92 Å². The first-order valence-corrected chi connectivity index (χ1v) is 7.30. The molecule has 1 aromatic heterocycles. The van der Waals surface area contributed by atoms with Gasteiger partial charge in [0.2, 0.25) is 0 Å². The fourth-order valence-electron chi connectivity index (χ4n) is 1.46. The second-order valence-electron chi connectivity index (χ2n) is 4.50. The van der Waals surface area contributed by atoms with Gasteiger partial charge in [-0.15, -0.1) is 0 Å². The molecule has 0 aliphatic carbocycles. The van der Waals surface area contributed by atoms with E-state index in [4.69, 9.17) is 0 Å². The molecule has 0 spiro atoms. The van der Waals surface area contributed by atoms with Gasteiger partial charge in [-0.3, -0.25) is 14.6 Å². The van der Waals surface area contributed by atoms with E-state index < -0.39 is 9.84 Å². The highest BCUT2D eigenvalue weighted by Crippen LogP contribution is 2.02. The summed E-state index contributed by atoms with van der Waals surface area (Å²) in [6.45, 7) is 4.31. The van der Waals surface area contributed by atoms with E-state index in [1.54, 1.807) is 0 Å². The summed E-state index contributed by atoms with van der Waals surface area (Å²) in [5, 5.41) is 2.93. The van der Waals surface area contributed by atoms with E-state index in [9.17, 15) is 13.2 Å². The summed E-state index contributed by atoms with van der Waals surface area (Å²) in [4.78, 5) is 11.5. The first-order valence-electron chi connectivity index (χ1n) is 5.24. The lowest BCUT2D eigenvalue weighted by Gasteiger charge is -2.02. The standard InChI is InChI=1S/C10H18N2O3S/c1-8(2)6-9-7-10(13)12(11-9)4-5-16(3,14)15/h7-8,11H,4-6H2,1-3H3. The number of nitrogens with one attached hydrogen (secondary N) is 1. The highest BCUT2D eigenvalue weighted by Gasteiger charge is 2.07. The van der Waals surface area contributed by atoms with Crippen LogP contribution < -0.4 is 5.56 Å². The number of aryl methyl sites for hydroxylation is 1. The fourth-order valence-corrected chi connectivity index (χ4v) is 1.97. The highest BCUT2D eigenvalue weighted by molar-refractivity contribution is 7.90. The molecule has 16 heavy (non-hydrogen) atoms. The van der Waals surface area contributed by atoms with Crippen LogP contribution in [0, 0.1) is 5.92 Å². The first kappa shape index (κ1) is 13.0. The van der Waals surface area contributed by atoms with Gasteiger partial charge in [-0.1, -0.05) is 13.8 Å². The predicted octanol–water partition coefficient (Wildman–Crippen LogP) is 0.420. The maximum atomic E-state index is 11.5. The van der Waals surface area contributed by atoms with Crippen LogP contribution in [-0.4, -0.2) is 30.2 Å². The SMILES string of the molecule is CC(C)Cc1cc(=O)n(CCS(C)(=O)=O)[nH]1. The summed E-state index contributed by atoms with van der Waals surface area (Å²) >= 11 is 0. The van der Waals surface area contributed by atoms with E-state index in [1.165, 1.54) is 10.7 Å². The maximum absolute atomic E-state index is 11.5. The van der Waals surface area contributed by atoms with Gasteiger partial charge in [0.25, 0.3) is 5.56 Å². The van der Waals surface area contributed by atoms with Crippen LogP contribution in [0.1, 0.15) is 19.5 Å². The lowest BCUT2D eigenvalue weighted by molar-refractivity contribution is 0.571. The molecule has 0 aliphatic rings. The van der Waals surface area contributed by atoms with Crippen LogP contribution in [0.4, 0.5) is 0 Å². The van der Waals surface area contributed by atoms with Gasteiger partial charge >= 0.3 is 0 Å². The summed E-state index contributed by atoms with van der Waals surface area (Å²) in [5.41, 5.74) is 0.688. The molecule has 0 radical (unpaired) electrons. The minimum absolute atomic E-state index is 0.0193. The van der Waals surface area contributed by atoms with Crippen LogP contribution in [-0.2, 0) is 22.8 Å². The maximum Gasteiger partial charge on any atom is 0.266 e. The number of hydrogen-bond acceptors (Lipinski definition) is 3. The molecule has 0 fully saturated rings. The Balaban J connectivity index is 2.75. The zero-order valence-electron chi connectivity index (χ0n) is 9.86. The third kappa shape index (κ3) is 4.22. The molecule has 92 valence electrons. The smallest absolute Gasteiger partial charge is 0.266 e. The van der Waals surface area contributed by atoms with Crippen LogP contribution in [0.2, 0.25) is 0 Å². The number of sulfone groups is 1. The Kier molecular flexibility index (Phi) is 3.96. The van der Waals surface area contributed by atoms with Crippen LogP contribution in [0.15, 0.2) is 10.9 Å². The van der Waals surface area contributed by atoms with Gasteiger partial charge in [0, 0.05) is 18.0 Å². The van der Waals surface area contributed by atoms with Crippen LogP contribution in [0.25, 0.3) is 0 Å². The molecule has 1 rings (SSSR count). The Bertz CT molecular complexity index is 496. The van der Waals surface area contributed by atoms with Crippen molar-refractivity contribution in [2.24, 2.45) is 5.92 Å². The second-order valence-corrected chi connectivity index (χ2v) is 6.76. The van der Waals surface area contributed by atoms with Gasteiger partial charge in [-0.05, 0) is 12.3 Å². The molecular weight excluding hydrogens is 228 g/mol. The minimum Gasteiger partial charge on any atom is -0.300 e. The molecule has 0 unspecified atom stereocenters. The Morgan fingerprint density at radius 3 is 2.56 bits per heavy atom. The molecule has 1 aromatic rings. The molecule has 1 heterocycles. The average molecular weight is 246 g/mol. The molecule has 0 saturated carbocycles. The Hall–Kier alpha value is -1.04. The van der Waals surface area contributed by atoms with Crippen molar-refractivity contribution >= 4 is 9.84 Å². The zero-order valence-corrected chi connectivity index (χ0v) is 10.7. The zero-order chi connectivity index (χ0) is 12.3. The largest absolute Gasteiger partial charge is 0.300 e. The van der Waals surface area contributed by atoms with Crippen molar-refractivity contribution in [1.29, 1.82) is 0 Å². The molecule has 0 saturated heterocycles. The molecule has 0 aromatic carbocycles. The number of nitrogens with zero attached hydrogens (tertiary/aromatic N) is 1. The van der Waals surface area contributed by atoms with E-state index in [1.807, 2.05) is 0 Å². The molecule has 6 heteroatoms. The number of aromatic nitrogens is 2. The van der Waals surface area contributed by atoms with E-state index in [2.05, 4.69) is 18.9 Å². The molecule has 0 atom stereocenters. The molecular formula is C10H18N2O3S. The number of hydrogen-bond donors (Lipinski definition) is 1. The predicted molar refractivity (Wildman–Crippen MR) is 63.3 cm³/mol. The van der Waals surface area contributed by atoms with Crippen LogP contribution >= 0.6 is 0 Å². The highest BCUT2D eigenvalue weighted by atomic mass is 32.2. The fraction of sp³-hybridized carbons (Fsp3) is 0.700. The Morgan fingerprint density at radius 2 is 2.06 bits per heavy atom. The number of H-pyrrole nitrogens is 1. The lowest BCUT2D eigenvalue weighted by Crippen LogP contribution is -2.21. The topological polar surface area (TPSA) is 71.9 Å². The quantitative estimate of drug-likeness (QED) is 0.818. The van der Waals surface area contributed by atoms with Crippen molar-refractivity contribution in [3.63, 3.8) is 0 Å². The summed E-state index contributed by atoms with van der Waals surface area (Å²) in [5.74, 6) is 0.440. The molecule has 1 N–H and O–H groups in total. The van der Waals surface area contributed by atoms with Crippen molar-refractivity contribution in [3.05, 3.63) is 22.1 Å². The van der Waals surface area contributed by atoms with E-state index in [0.717, 1.165) is 18.4 Å². The van der Waals surface area contributed by atoms with Crippen LogP contribution in [0.3, 0.4) is 0 Å². The van der Waals surface area contributed by atoms with Gasteiger partial charge in [0.1, 0.15) is 9.84 Å². The lowest BCUT2D eigenvalue weighted by atomic mass is 10.1. The monoisotopic (exact) mass is 246 g/mol. The summed E-state index contributed by atoms with van der Waals surface area (Å²) in [7, 11) is -3.03. The number of aromatic amines is 1.